The molecular weight excluding hydrogens is 372 g/mol. The van der Waals surface area contributed by atoms with Gasteiger partial charge >= 0.3 is 0 Å². The number of nitrogens with zero attached hydrogens (tertiary/aromatic N) is 1. The van der Waals surface area contributed by atoms with Gasteiger partial charge in [0.25, 0.3) is 5.91 Å². The molecule has 2 amide bonds. The summed E-state index contributed by atoms with van der Waals surface area (Å²) in [5.41, 5.74) is 0.888. The normalized spacial score (nSPS) is 18.5. The highest BCUT2D eigenvalue weighted by atomic mass is 16.5. The maximum Gasteiger partial charge on any atom is 0.289 e. The second-order valence-corrected chi connectivity index (χ2v) is 7.15. The number of hydrogen-bond donors (Lipinski definition) is 1. The fourth-order valence-corrected chi connectivity index (χ4v) is 3.75. The second-order valence-electron chi connectivity index (χ2n) is 7.15. The van der Waals surface area contributed by atoms with Crippen molar-refractivity contribution in [3.8, 4) is 11.5 Å². The Labute approximate surface area is 171 Å². The number of amides is 2. The zero-order valence-corrected chi connectivity index (χ0v) is 17.1. The summed E-state index contributed by atoms with van der Waals surface area (Å²) < 4.78 is 16.1. The molecule has 7 heteroatoms. The maximum atomic E-state index is 12.9. The molecule has 0 spiro atoms. The van der Waals surface area contributed by atoms with Crippen LogP contribution in [0.2, 0.25) is 0 Å². The van der Waals surface area contributed by atoms with Crippen LogP contribution in [0, 0.1) is 5.92 Å². The summed E-state index contributed by atoms with van der Waals surface area (Å²) in [6.07, 6.45) is 3.40. The number of hydrogen-bond acceptors (Lipinski definition) is 5. The van der Waals surface area contributed by atoms with Crippen LogP contribution in [0.4, 0.5) is 0 Å². The summed E-state index contributed by atoms with van der Waals surface area (Å²) >= 11 is 0. The van der Waals surface area contributed by atoms with Gasteiger partial charge in [0, 0.05) is 37.2 Å². The number of methoxy groups -OCH3 is 2. The van der Waals surface area contributed by atoms with E-state index in [9.17, 15) is 9.59 Å². The number of furan rings is 1. The fraction of sp³-hybridized carbons (Fsp3) is 0.455. The molecule has 2 heterocycles. The van der Waals surface area contributed by atoms with Gasteiger partial charge in [-0.1, -0.05) is 19.4 Å². The molecule has 3 rings (SSSR count). The predicted molar refractivity (Wildman–Crippen MR) is 108 cm³/mol. The van der Waals surface area contributed by atoms with Crippen molar-refractivity contribution in [3.63, 3.8) is 0 Å². The van der Waals surface area contributed by atoms with E-state index >= 15 is 0 Å². The lowest BCUT2D eigenvalue weighted by molar-refractivity contribution is -0.124. The fourth-order valence-electron chi connectivity index (χ4n) is 3.75. The van der Waals surface area contributed by atoms with Crippen LogP contribution < -0.4 is 14.8 Å². The molecule has 1 fully saturated rings. The van der Waals surface area contributed by atoms with Crippen molar-refractivity contribution >= 4 is 11.8 Å². The Kier molecular flexibility index (Phi) is 6.80. The topological polar surface area (TPSA) is 81.0 Å². The van der Waals surface area contributed by atoms with Crippen LogP contribution in [0.5, 0.6) is 11.5 Å². The third-order valence-electron chi connectivity index (χ3n) is 5.35. The van der Waals surface area contributed by atoms with Gasteiger partial charge in [0.15, 0.2) is 5.76 Å². The summed E-state index contributed by atoms with van der Waals surface area (Å²) in [4.78, 5) is 27.4. The minimum Gasteiger partial charge on any atom is -0.497 e. The van der Waals surface area contributed by atoms with Crippen molar-refractivity contribution in [3.05, 3.63) is 47.9 Å². The SMILES string of the molecule is CCCCNC(=O)[C@@H]1CN(C(=O)c2ccco2)C[C@H]1c1ccc(OC)cc1OC. The molecule has 0 bridgehead atoms. The molecule has 0 unspecified atom stereocenters. The van der Waals surface area contributed by atoms with Crippen LogP contribution >= 0.6 is 0 Å². The van der Waals surface area contributed by atoms with Gasteiger partial charge in [0.2, 0.25) is 5.91 Å². The largest absolute Gasteiger partial charge is 0.497 e. The maximum absolute atomic E-state index is 12.9. The Bertz CT molecular complexity index is 834. The van der Waals surface area contributed by atoms with E-state index in [1.807, 2.05) is 12.1 Å². The predicted octanol–water partition coefficient (Wildman–Crippen LogP) is 3.07. The number of likely N-dealkylation sites (tertiary alicyclic amines) is 1. The van der Waals surface area contributed by atoms with E-state index in [-0.39, 0.29) is 29.4 Å². The Morgan fingerprint density at radius 1 is 1.21 bits per heavy atom. The zero-order chi connectivity index (χ0) is 20.8. The molecule has 0 saturated carbocycles. The van der Waals surface area contributed by atoms with Crippen molar-refractivity contribution in [2.45, 2.75) is 25.7 Å². The molecule has 156 valence electrons. The highest BCUT2D eigenvalue weighted by Crippen LogP contribution is 2.39. The van der Waals surface area contributed by atoms with Crippen LogP contribution in [-0.2, 0) is 4.79 Å². The van der Waals surface area contributed by atoms with E-state index in [0.29, 0.717) is 31.1 Å². The van der Waals surface area contributed by atoms with Gasteiger partial charge in [0.05, 0.1) is 26.4 Å². The minimum atomic E-state index is -0.368. The molecule has 1 N–H and O–H groups in total. The smallest absolute Gasteiger partial charge is 0.289 e. The quantitative estimate of drug-likeness (QED) is 0.689. The number of carbonyl (C=O) groups is 2. The van der Waals surface area contributed by atoms with E-state index in [1.165, 1.54) is 6.26 Å². The Morgan fingerprint density at radius 2 is 2.03 bits per heavy atom. The number of rotatable bonds is 8. The highest BCUT2D eigenvalue weighted by molar-refractivity contribution is 5.92. The first-order chi connectivity index (χ1) is 14.1. The molecule has 1 aromatic heterocycles. The third kappa shape index (κ3) is 4.55. The Hall–Kier alpha value is -2.96. The first-order valence-electron chi connectivity index (χ1n) is 9.91. The molecule has 29 heavy (non-hydrogen) atoms. The minimum absolute atomic E-state index is 0.0453. The lowest BCUT2D eigenvalue weighted by atomic mass is 9.87. The van der Waals surface area contributed by atoms with E-state index in [4.69, 9.17) is 13.9 Å². The van der Waals surface area contributed by atoms with Crippen molar-refractivity contribution in [2.24, 2.45) is 5.92 Å². The molecule has 1 aliphatic rings. The molecule has 1 aliphatic heterocycles. The van der Waals surface area contributed by atoms with Gasteiger partial charge in [-0.3, -0.25) is 9.59 Å². The summed E-state index contributed by atoms with van der Waals surface area (Å²) in [5, 5.41) is 3.01. The molecule has 0 aliphatic carbocycles. The molecule has 2 atom stereocenters. The van der Waals surface area contributed by atoms with E-state index in [2.05, 4.69) is 12.2 Å². The standard InChI is InChI=1S/C22H28N2O5/c1-4-5-10-23-21(25)18-14-24(22(26)19-7-6-11-29-19)13-17(18)16-9-8-15(27-2)12-20(16)28-3/h6-9,11-12,17-18H,4-5,10,13-14H2,1-3H3,(H,23,25)/t17-,18+/m0/s1. The van der Waals surface area contributed by atoms with E-state index in [0.717, 1.165) is 18.4 Å². The van der Waals surface area contributed by atoms with Crippen molar-refractivity contribution < 1.29 is 23.5 Å². The first-order valence-corrected chi connectivity index (χ1v) is 9.91. The van der Waals surface area contributed by atoms with Crippen LogP contribution in [0.15, 0.2) is 41.0 Å². The Morgan fingerprint density at radius 3 is 2.69 bits per heavy atom. The third-order valence-corrected chi connectivity index (χ3v) is 5.35. The van der Waals surface area contributed by atoms with Gasteiger partial charge in [-0.05, 0) is 24.6 Å². The summed E-state index contributed by atoms with van der Waals surface area (Å²) in [6, 6.07) is 8.89. The average molecular weight is 400 g/mol. The van der Waals surface area contributed by atoms with Crippen LogP contribution in [0.3, 0.4) is 0 Å². The van der Waals surface area contributed by atoms with Crippen molar-refractivity contribution in [2.75, 3.05) is 33.9 Å². The molecule has 0 radical (unpaired) electrons. The second kappa shape index (κ2) is 9.49. The van der Waals surface area contributed by atoms with Crippen LogP contribution in [-0.4, -0.2) is 50.6 Å². The number of ether oxygens (including phenoxy) is 2. The van der Waals surface area contributed by atoms with Crippen LogP contribution in [0.25, 0.3) is 0 Å². The summed E-state index contributed by atoms with van der Waals surface area (Å²) in [6.45, 7) is 3.45. The van der Waals surface area contributed by atoms with Gasteiger partial charge in [-0.2, -0.15) is 0 Å². The van der Waals surface area contributed by atoms with Crippen molar-refractivity contribution in [1.82, 2.24) is 10.2 Å². The molecule has 1 aromatic carbocycles. The lowest BCUT2D eigenvalue weighted by Gasteiger charge is -2.21. The van der Waals surface area contributed by atoms with Crippen molar-refractivity contribution in [1.29, 1.82) is 0 Å². The van der Waals surface area contributed by atoms with E-state index in [1.54, 1.807) is 37.3 Å². The number of carbonyl (C=O) groups excluding carboxylic acids is 2. The monoisotopic (exact) mass is 400 g/mol. The lowest BCUT2D eigenvalue weighted by Crippen LogP contribution is -2.36. The number of unbranched alkanes of at least 4 members (excludes halogenated alkanes) is 1. The molecular formula is C22H28N2O5. The average Bonchev–Trinajstić information content (AvgIpc) is 3.43. The Balaban J connectivity index is 1.88. The zero-order valence-electron chi connectivity index (χ0n) is 17.1. The van der Waals surface area contributed by atoms with E-state index < -0.39 is 0 Å². The van der Waals surface area contributed by atoms with Gasteiger partial charge < -0.3 is 24.1 Å². The summed E-state index contributed by atoms with van der Waals surface area (Å²) in [5.74, 6) is 0.790. The highest BCUT2D eigenvalue weighted by Gasteiger charge is 2.42. The van der Waals surface area contributed by atoms with Gasteiger partial charge in [-0.25, -0.2) is 0 Å². The first kappa shape index (κ1) is 20.8. The number of nitrogens with one attached hydrogen (secondary N) is 1. The molecule has 7 nitrogen and oxygen atoms in total. The van der Waals surface area contributed by atoms with Gasteiger partial charge in [0.1, 0.15) is 11.5 Å². The van der Waals surface area contributed by atoms with Crippen LogP contribution in [0.1, 0.15) is 41.8 Å². The molecule has 2 aromatic rings. The van der Waals surface area contributed by atoms with Gasteiger partial charge in [-0.15, -0.1) is 0 Å². The molecule has 1 saturated heterocycles. The summed E-state index contributed by atoms with van der Waals surface area (Å²) in [7, 11) is 3.19. The number of benzene rings is 1.